The second-order valence-corrected chi connectivity index (χ2v) is 4.36. The lowest BCUT2D eigenvalue weighted by molar-refractivity contribution is -0.137. The summed E-state index contributed by atoms with van der Waals surface area (Å²) in [5.41, 5.74) is 1.10. The van der Waals surface area contributed by atoms with Gasteiger partial charge in [0.05, 0.1) is 6.61 Å². The third-order valence-electron chi connectivity index (χ3n) is 1.45. The predicted octanol–water partition coefficient (Wildman–Crippen LogP) is 3.06. The molecule has 0 aliphatic rings. The highest BCUT2D eigenvalue weighted by atomic mass is 32.2. The molecule has 0 rings (SSSR count). The summed E-state index contributed by atoms with van der Waals surface area (Å²) in [5.74, 6) is -0.284. The molecule has 14 heavy (non-hydrogen) atoms. The van der Waals surface area contributed by atoms with Crippen LogP contribution in [-0.2, 0) is 9.53 Å². The normalized spacial score (nSPS) is 10.3. The molecule has 0 aliphatic carbocycles. The van der Waals surface area contributed by atoms with Gasteiger partial charge in [0.2, 0.25) is 0 Å². The van der Waals surface area contributed by atoms with Crippen LogP contribution in [0.1, 0.15) is 13.8 Å². The Balaban J connectivity index is 4.35. The highest BCUT2D eigenvalue weighted by molar-refractivity contribution is 8.21. The van der Waals surface area contributed by atoms with Crippen LogP contribution in [0.4, 0.5) is 0 Å². The van der Waals surface area contributed by atoms with Gasteiger partial charge in [-0.15, -0.1) is 23.5 Å². The first-order chi connectivity index (χ1) is 6.65. The Bertz CT molecular complexity index is 239. The Morgan fingerprint density at radius 2 is 1.86 bits per heavy atom. The fourth-order valence-electron chi connectivity index (χ4n) is 0.857. The lowest BCUT2D eigenvalue weighted by Gasteiger charge is -2.01. The van der Waals surface area contributed by atoms with Crippen molar-refractivity contribution in [3.8, 4) is 0 Å². The van der Waals surface area contributed by atoms with Crippen molar-refractivity contribution < 1.29 is 9.53 Å². The number of esters is 1. The van der Waals surface area contributed by atoms with Crippen LogP contribution in [0.15, 0.2) is 22.0 Å². The maximum absolute atomic E-state index is 11.0. The average molecular weight is 232 g/mol. The monoisotopic (exact) mass is 232 g/mol. The second kappa shape index (κ2) is 8.00. The zero-order chi connectivity index (χ0) is 11.0. The van der Waals surface area contributed by atoms with Crippen LogP contribution in [-0.4, -0.2) is 25.1 Å². The van der Waals surface area contributed by atoms with Gasteiger partial charge >= 0.3 is 5.97 Å². The molecule has 4 heteroatoms. The van der Waals surface area contributed by atoms with E-state index in [0.29, 0.717) is 6.61 Å². The van der Waals surface area contributed by atoms with E-state index in [0.717, 1.165) is 5.57 Å². The summed E-state index contributed by atoms with van der Waals surface area (Å²) in [5, 5.41) is 0. The van der Waals surface area contributed by atoms with Crippen molar-refractivity contribution in [3.05, 3.63) is 22.0 Å². The Morgan fingerprint density at radius 3 is 2.29 bits per heavy atom. The highest BCUT2D eigenvalue weighted by Crippen LogP contribution is 2.27. The van der Waals surface area contributed by atoms with E-state index in [9.17, 15) is 4.79 Å². The van der Waals surface area contributed by atoms with Crippen molar-refractivity contribution in [2.75, 3.05) is 19.1 Å². The quantitative estimate of drug-likeness (QED) is 0.413. The van der Waals surface area contributed by atoms with Gasteiger partial charge in [-0.25, -0.2) is 4.79 Å². The van der Waals surface area contributed by atoms with Crippen LogP contribution in [0.3, 0.4) is 0 Å². The number of carbonyl (C=O) groups excluding carboxylic acids is 1. The van der Waals surface area contributed by atoms with Gasteiger partial charge in [-0.1, -0.05) is 6.08 Å². The smallest absolute Gasteiger partial charge is 0.330 e. The minimum Gasteiger partial charge on any atom is -0.463 e. The number of hydrogen-bond acceptors (Lipinski definition) is 4. The second-order valence-electron chi connectivity index (χ2n) is 2.46. The largest absolute Gasteiger partial charge is 0.463 e. The first-order valence-corrected chi connectivity index (χ1v) is 6.74. The van der Waals surface area contributed by atoms with Crippen molar-refractivity contribution in [1.29, 1.82) is 0 Å². The van der Waals surface area contributed by atoms with Gasteiger partial charge in [-0.05, 0) is 31.9 Å². The Kier molecular flexibility index (Phi) is 7.80. The SMILES string of the molecule is CCOC(=O)/C=C\C(C)=C(SC)SC. The zero-order valence-electron chi connectivity index (χ0n) is 8.99. The van der Waals surface area contributed by atoms with Gasteiger partial charge in [0.15, 0.2) is 0 Å². The molecule has 0 heterocycles. The fraction of sp³-hybridized carbons (Fsp3) is 0.500. The van der Waals surface area contributed by atoms with E-state index in [1.54, 1.807) is 36.5 Å². The lowest BCUT2D eigenvalue weighted by Crippen LogP contribution is -1.98. The summed E-state index contributed by atoms with van der Waals surface area (Å²) in [6.07, 6.45) is 7.30. The molecule has 2 nitrogen and oxygen atoms in total. The molecular weight excluding hydrogens is 216 g/mol. The molecular formula is C10H16O2S2. The van der Waals surface area contributed by atoms with Crippen LogP contribution in [0.2, 0.25) is 0 Å². The van der Waals surface area contributed by atoms with E-state index in [1.807, 2.05) is 19.4 Å². The van der Waals surface area contributed by atoms with E-state index in [4.69, 9.17) is 4.74 Å². The van der Waals surface area contributed by atoms with E-state index in [-0.39, 0.29) is 5.97 Å². The minimum absolute atomic E-state index is 0.284. The summed E-state index contributed by atoms with van der Waals surface area (Å²) in [6.45, 7) is 4.20. The summed E-state index contributed by atoms with van der Waals surface area (Å²) in [7, 11) is 0. The molecule has 0 bridgehead atoms. The van der Waals surface area contributed by atoms with E-state index >= 15 is 0 Å². The van der Waals surface area contributed by atoms with E-state index < -0.39 is 0 Å². The molecule has 0 aromatic heterocycles. The van der Waals surface area contributed by atoms with Crippen LogP contribution in [0.25, 0.3) is 0 Å². The summed E-state index contributed by atoms with van der Waals surface area (Å²) < 4.78 is 5.99. The molecule has 0 radical (unpaired) electrons. The first kappa shape index (κ1) is 13.7. The Hall–Kier alpha value is -0.350. The standard InChI is InChI=1S/C10H16O2S2/c1-5-12-9(11)7-6-8(2)10(13-3)14-4/h6-7H,5H2,1-4H3/b7-6-. The molecule has 0 amide bonds. The van der Waals surface area contributed by atoms with Crippen LogP contribution in [0, 0.1) is 0 Å². The maximum Gasteiger partial charge on any atom is 0.330 e. The van der Waals surface area contributed by atoms with Crippen molar-refractivity contribution in [2.24, 2.45) is 0 Å². The van der Waals surface area contributed by atoms with Gasteiger partial charge in [-0.2, -0.15) is 0 Å². The molecule has 0 aromatic rings. The molecule has 0 N–H and O–H groups in total. The maximum atomic E-state index is 11.0. The van der Waals surface area contributed by atoms with E-state index in [2.05, 4.69) is 0 Å². The van der Waals surface area contributed by atoms with Crippen LogP contribution in [0.5, 0.6) is 0 Å². The summed E-state index contributed by atoms with van der Waals surface area (Å²) >= 11 is 3.36. The number of rotatable bonds is 5. The van der Waals surface area contributed by atoms with Gasteiger partial charge < -0.3 is 4.74 Å². The molecule has 0 aliphatic heterocycles. The molecule has 0 atom stereocenters. The van der Waals surface area contributed by atoms with Crippen LogP contribution < -0.4 is 0 Å². The Labute approximate surface area is 94.2 Å². The highest BCUT2D eigenvalue weighted by Gasteiger charge is 1.98. The molecule has 0 saturated heterocycles. The van der Waals surface area contributed by atoms with E-state index in [1.165, 1.54) is 10.3 Å². The van der Waals surface area contributed by atoms with Crippen LogP contribution >= 0.6 is 23.5 Å². The van der Waals surface area contributed by atoms with Gasteiger partial charge in [0.25, 0.3) is 0 Å². The molecule has 0 aromatic carbocycles. The Morgan fingerprint density at radius 1 is 1.29 bits per heavy atom. The van der Waals surface area contributed by atoms with Crippen molar-refractivity contribution in [1.82, 2.24) is 0 Å². The summed E-state index contributed by atoms with van der Waals surface area (Å²) in [6, 6.07) is 0. The predicted molar refractivity (Wildman–Crippen MR) is 65.5 cm³/mol. The molecule has 0 unspecified atom stereocenters. The molecule has 0 spiro atoms. The first-order valence-electron chi connectivity index (χ1n) is 4.29. The van der Waals surface area contributed by atoms with Gasteiger partial charge in [0, 0.05) is 10.3 Å². The topological polar surface area (TPSA) is 26.3 Å². The molecule has 80 valence electrons. The molecule has 0 saturated carbocycles. The number of ether oxygens (including phenoxy) is 1. The fourth-order valence-corrected chi connectivity index (χ4v) is 2.30. The third kappa shape index (κ3) is 5.40. The lowest BCUT2D eigenvalue weighted by atomic mass is 10.3. The number of allylic oxidation sites excluding steroid dienone is 2. The number of hydrogen-bond donors (Lipinski definition) is 0. The van der Waals surface area contributed by atoms with Gasteiger partial charge in [0.1, 0.15) is 0 Å². The van der Waals surface area contributed by atoms with Crippen molar-refractivity contribution >= 4 is 29.5 Å². The molecule has 0 fully saturated rings. The average Bonchev–Trinajstić information content (AvgIpc) is 2.17. The minimum atomic E-state index is -0.284. The third-order valence-corrected chi connectivity index (χ3v) is 3.83. The van der Waals surface area contributed by atoms with Crippen molar-refractivity contribution in [2.45, 2.75) is 13.8 Å². The van der Waals surface area contributed by atoms with Gasteiger partial charge in [-0.3, -0.25) is 0 Å². The van der Waals surface area contributed by atoms with Crippen molar-refractivity contribution in [3.63, 3.8) is 0 Å². The summed E-state index contributed by atoms with van der Waals surface area (Å²) in [4.78, 5) is 11.0. The zero-order valence-corrected chi connectivity index (χ0v) is 10.6. The number of thioether (sulfide) groups is 2. The number of carbonyl (C=O) groups is 1.